The summed E-state index contributed by atoms with van der Waals surface area (Å²) in [5.41, 5.74) is -1.83. The van der Waals surface area contributed by atoms with E-state index in [0.29, 0.717) is 0 Å². The van der Waals surface area contributed by atoms with Crippen LogP contribution in [-0.2, 0) is 11.0 Å². The maximum absolute atomic E-state index is 12.6. The molecular weight excluding hydrogens is 283 g/mol. The summed E-state index contributed by atoms with van der Waals surface area (Å²) in [4.78, 5) is 14.9. The van der Waals surface area contributed by atoms with Crippen molar-refractivity contribution in [2.45, 2.75) is 26.9 Å². The summed E-state index contributed by atoms with van der Waals surface area (Å²) in [6.07, 6.45) is -3.61. The van der Waals surface area contributed by atoms with Crippen LogP contribution in [0.4, 0.5) is 13.2 Å². The second-order valence-electron chi connectivity index (χ2n) is 4.70. The van der Waals surface area contributed by atoms with Gasteiger partial charge in [-0.1, -0.05) is 11.6 Å². The highest BCUT2D eigenvalue weighted by Gasteiger charge is 2.35. The van der Waals surface area contributed by atoms with Crippen LogP contribution in [-0.4, -0.2) is 17.4 Å². The van der Waals surface area contributed by atoms with Gasteiger partial charge in [0, 0.05) is 6.20 Å². The number of nitrogens with zero attached hydrogens (tertiary/aromatic N) is 1. The molecule has 0 aliphatic heterocycles. The summed E-state index contributed by atoms with van der Waals surface area (Å²) in [7, 11) is 0. The second-order valence-corrected chi connectivity index (χ2v) is 5.08. The molecule has 0 saturated heterocycles. The predicted molar refractivity (Wildman–Crippen MR) is 64.2 cm³/mol. The standard InChI is InChI=1S/C12H13ClF3NO2/c1-7(18)11(2,3)6-19-10-9(13)8(4-5-17-10)12(14,15)16/h4-5H,6H2,1-3H3. The zero-order valence-electron chi connectivity index (χ0n) is 10.6. The molecule has 0 amide bonds. The molecule has 1 rings (SSSR count). The Kier molecular flexibility index (Phi) is 4.45. The first kappa shape index (κ1) is 15.8. The first-order valence-electron chi connectivity index (χ1n) is 5.41. The lowest BCUT2D eigenvalue weighted by atomic mass is 9.90. The van der Waals surface area contributed by atoms with Crippen LogP contribution in [0.15, 0.2) is 12.3 Å². The molecule has 7 heteroatoms. The predicted octanol–water partition coefficient (Wildman–Crippen LogP) is 3.75. The van der Waals surface area contributed by atoms with Gasteiger partial charge in [0.05, 0.1) is 11.0 Å². The van der Waals surface area contributed by atoms with Crippen molar-refractivity contribution < 1.29 is 22.7 Å². The van der Waals surface area contributed by atoms with Crippen molar-refractivity contribution in [3.05, 3.63) is 22.8 Å². The minimum Gasteiger partial charge on any atom is -0.476 e. The number of ketones is 1. The zero-order valence-corrected chi connectivity index (χ0v) is 11.4. The van der Waals surface area contributed by atoms with E-state index in [1.54, 1.807) is 13.8 Å². The highest BCUT2D eigenvalue weighted by molar-refractivity contribution is 6.32. The average Bonchev–Trinajstić information content (AvgIpc) is 2.25. The maximum Gasteiger partial charge on any atom is 0.418 e. The van der Waals surface area contributed by atoms with E-state index in [1.807, 2.05) is 0 Å². The lowest BCUT2D eigenvalue weighted by Gasteiger charge is -2.21. The molecule has 0 unspecified atom stereocenters. The van der Waals surface area contributed by atoms with Crippen molar-refractivity contribution in [1.82, 2.24) is 4.98 Å². The Morgan fingerprint density at radius 1 is 1.42 bits per heavy atom. The molecule has 0 aromatic carbocycles. The molecule has 106 valence electrons. The third-order valence-electron chi connectivity index (χ3n) is 2.69. The van der Waals surface area contributed by atoms with Gasteiger partial charge in [-0.3, -0.25) is 4.79 Å². The molecule has 1 heterocycles. The van der Waals surface area contributed by atoms with Gasteiger partial charge in [-0.2, -0.15) is 13.2 Å². The highest BCUT2D eigenvalue weighted by atomic mass is 35.5. The minimum atomic E-state index is -4.58. The monoisotopic (exact) mass is 295 g/mol. The molecular formula is C12H13ClF3NO2. The van der Waals surface area contributed by atoms with E-state index >= 15 is 0 Å². The molecule has 3 nitrogen and oxygen atoms in total. The molecule has 0 fully saturated rings. The first-order chi connectivity index (χ1) is 8.55. The number of pyridine rings is 1. The Morgan fingerprint density at radius 3 is 2.47 bits per heavy atom. The summed E-state index contributed by atoms with van der Waals surface area (Å²) in [6, 6.07) is 0.769. The molecule has 0 bridgehead atoms. The normalized spacial score (nSPS) is 12.4. The summed E-state index contributed by atoms with van der Waals surface area (Å²) in [6.45, 7) is 4.52. The van der Waals surface area contributed by atoms with Crippen LogP contribution in [0.3, 0.4) is 0 Å². The smallest absolute Gasteiger partial charge is 0.418 e. The van der Waals surface area contributed by atoms with Crippen LogP contribution in [0.5, 0.6) is 5.88 Å². The zero-order chi connectivity index (χ0) is 14.8. The van der Waals surface area contributed by atoms with Gasteiger partial charge in [-0.15, -0.1) is 0 Å². The molecule has 0 N–H and O–H groups in total. The third-order valence-corrected chi connectivity index (χ3v) is 3.05. The Morgan fingerprint density at radius 2 is 2.00 bits per heavy atom. The van der Waals surface area contributed by atoms with Crippen molar-refractivity contribution in [2.24, 2.45) is 5.41 Å². The van der Waals surface area contributed by atoms with Gasteiger partial charge in [-0.25, -0.2) is 4.98 Å². The number of ether oxygens (including phenoxy) is 1. The van der Waals surface area contributed by atoms with Crippen molar-refractivity contribution in [1.29, 1.82) is 0 Å². The van der Waals surface area contributed by atoms with Crippen molar-refractivity contribution >= 4 is 17.4 Å². The molecule has 0 radical (unpaired) electrons. The van der Waals surface area contributed by atoms with Crippen LogP contribution in [0.2, 0.25) is 5.02 Å². The number of carbonyl (C=O) groups is 1. The van der Waals surface area contributed by atoms with Crippen LogP contribution >= 0.6 is 11.6 Å². The number of rotatable bonds is 4. The van der Waals surface area contributed by atoms with Crippen LogP contribution in [0.1, 0.15) is 26.3 Å². The van der Waals surface area contributed by atoms with Gasteiger partial charge in [0.2, 0.25) is 5.88 Å². The number of hydrogen-bond acceptors (Lipinski definition) is 3. The van der Waals surface area contributed by atoms with E-state index in [-0.39, 0.29) is 18.3 Å². The van der Waals surface area contributed by atoms with Crippen LogP contribution in [0.25, 0.3) is 0 Å². The molecule has 1 aromatic heterocycles. The van der Waals surface area contributed by atoms with Crippen molar-refractivity contribution in [3.63, 3.8) is 0 Å². The molecule has 19 heavy (non-hydrogen) atoms. The largest absolute Gasteiger partial charge is 0.476 e. The molecule has 0 aliphatic rings. The topological polar surface area (TPSA) is 39.2 Å². The lowest BCUT2D eigenvalue weighted by molar-refractivity contribution is -0.137. The summed E-state index contributed by atoms with van der Waals surface area (Å²) >= 11 is 5.61. The second kappa shape index (κ2) is 5.36. The number of alkyl halides is 3. The lowest BCUT2D eigenvalue weighted by Crippen LogP contribution is -2.29. The molecule has 0 spiro atoms. The van der Waals surface area contributed by atoms with Gasteiger partial charge in [0.15, 0.2) is 0 Å². The van der Waals surface area contributed by atoms with Gasteiger partial charge in [-0.05, 0) is 26.8 Å². The van der Waals surface area contributed by atoms with Gasteiger partial charge in [0.1, 0.15) is 17.4 Å². The average molecular weight is 296 g/mol. The minimum absolute atomic E-state index is 0.101. The third kappa shape index (κ3) is 3.83. The summed E-state index contributed by atoms with van der Waals surface area (Å²) < 4.78 is 43.0. The van der Waals surface area contributed by atoms with E-state index < -0.39 is 22.2 Å². The quantitative estimate of drug-likeness (QED) is 0.849. The number of halogens is 4. The van der Waals surface area contributed by atoms with Gasteiger partial charge >= 0.3 is 6.18 Å². The number of aromatic nitrogens is 1. The Balaban J connectivity index is 2.96. The fourth-order valence-corrected chi connectivity index (χ4v) is 1.37. The molecule has 0 aliphatic carbocycles. The Bertz CT molecular complexity index is 486. The summed E-state index contributed by atoms with van der Waals surface area (Å²) in [5, 5.41) is -0.602. The van der Waals surface area contributed by atoms with E-state index in [0.717, 1.165) is 12.3 Å². The van der Waals surface area contributed by atoms with E-state index in [2.05, 4.69) is 4.98 Å². The van der Waals surface area contributed by atoms with E-state index in [1.165, 1.54) is 6.92 Å². The van der Waals surface area contributed by atoms with Crippen LogP contribution in [0, 0.1) is 5.41 Å². The van der Waals surface area contributed by atoms with E-state index in [9.17, 15) is 18.0 Å². The highest BCUT2D eigenvalue weighted by Crippen LogP contribution is 2.38. The van der Waals surface area contributed by atoms with Gasteiger partial charge in [0.25, 0.3) is 0 Å². The summed E-state index contributed by atoms with van der Waals surface area (Å²) in [5.74, 6) is -0.471. The SMILES string of the molecule is CC(=O)C(C)(C)COc1nccc(C(F)(F)F)c1Cl. The maximum atomic E-state index is 12.6. The first-order valence-corrected chi connectivity index (χ1v) is 5.79. The Hall–Kier alpha value is -1.30. The molecule has 0 atom stereocenters. The van der Waals surface area contributed by atoms with Crippen molar-refractivity contribution in [2.75, 3.05) is 6.61 Å². The Labute approximate surface area is 113 Å². The number of Topliss-reactive ketones (excluding diaryl/α,β-unsaturated/α-hetero) is 1. The number of carbonyl (C=O) groups excluding carboxylic acids is 1. The van der Waals surface area contributed by atoms with Crippen LogP contribution < -0.4 is 4.74 Å². The number of hydrogen-bond donors (Lipinski definition) is 0. The fraction of sp³-hybridized carbons (Fsp3) is 0.500. The van der Waals surface area contributed by atoms with E-state index in [4.69, 9.17) is 16.3 Å². The molecule has 1 aromatic rings. The van der Waals surface area contributed by atoms with Crippen molar-refractivity contribution in [3.8, 4) is 5.88 Å². The fourth-order valence-electron chi connectivity index (χ4n) is 1.09. The van der Waals surface area contributed by atoms with Gasteiger partial charge < -0.3 is 4.74 Å². The molecule has 0 saturated carbocycles.